The van der Waals surface area contributed by atoms with E-state index < -0.39 is 5.84 Å². The SMILES string of the molecule is N#C/C(N=Nc1cc(Cl)cc(Cl)c1O)=N\Nc1cc(Cl)cc(Cl)c1O. The van der Waals surface area contributed by atoms with Gasteiger partial charge in [0.15, 0.2) is 11.5 Å². The Hall–Kier alpha value is -2.24. The van der Waals surface area contributed by atoms with Gasteiger partial charge in [0.2, 0.25) is 0 Å². The molecule has 0 aliphatic carbocycles. The molecule has 2 aromatic rings. The lowest BCUT2D eigenvalue weighted by Gasteiger charge is -2.05. The fourth-order valence-corrected chi connectivity index (χ4v) is 2.54. The van der Waals surface area contributed by atoms with Gasteiger partial charge in [-0.15, -0.1) is 15.3 Å². The molecule has 0 bridgehead atoms. The lowest BCUT2D eigenvalue weighted by atomic mass is 10.3. The van der Waals surface area contributed by atoms with Gasteiger partial charge in [0, 0.05) is 10.0 Å². The van der Waals surface area contributed by atoms with Crippen molar-refractivity contribution in [3.05, 3.63) is 44.4 Å². The first-order chi connectivity index (χ1) is 11.8. The predicted octanol–water partition coefficient (Wildman–Crippen LogP) is 5.74. The number of nitriles is 1. The van der Waals surface area contributed by atoms with Crippen molar-refractivity contribution in [1.82, 2.24) is 0 Å². The molecule has 7 nitrogen and oxygen atoms in total. The number of anilines is 1. The maximum absolute atomic E-state index is 9.79. The Kier molecular flexibility index (Phi) is 6.28. The highest BCUT2D eigenvalue weighted by atomic mass is 35.5. The summed E-state index contributed by atoms with van der Waals surface area (Å²) >= 11 is 23.2. The smallest absolute Gasteiger partial charge is 0.270 e. The van der Waals surface area contributed by atoms with Crippen LogP contribution in [0.25, 0.3) is 0 Å². The molecule has 128 valence electrons. The van der Waals surface area contributed by atoms with Crippen molar-refractivity contribution in [3.63, 3.8) is 0 Å². The van der Waals surface area contributed by atoms with Crippen LogP contribution < -0.4 is 5.43 Å². The molecule has 0 fully saturated rings. The van der Waals surface area contributed by atoms with Crippen LogP contribution in [-0.2, 0) is 0 Å². The normalized spacial score (nSPS) is 11.6. The van der Waals surface area contributed by atoms with E-state index in [4.69, 9.17) is 51.7 Å². The van der Waals surface area contributed by atoms with E-state index in [1.807, 2.05) is 0 Å². The van der Waals surface area contributed by atoms with Crippen molar-refractivity contribution in [2.45, 2.75) is 0 Å². The molecular formula is C14H7Cl4N5O2. The molecule has 0 saturated heterocycles. The number of nitrogens with one attached hydrogen (secondary N) is 1. The summed E-state index contributed by atoms with van der Waals surface area (Å²) in [5, 5.41) is 40.0. The Morgan fingerprint density at radius 3 is 2.20 bits per heavy atom. The number of azo groups is 1. The molecule has 0 aromatic heterocycles. The zero-order chi connectivity index (χ0) is 18.6. The molecule has 0 aliphatic rings. The summed E-state index contributed by atoms with van der Waals surface area (Å²) in [5.41, 5.74) is 2.41. The zero-order valence-electron chi connectivity index (χ0n) is 12.0. The van der Waals surface area contributed by atoms with Crippen LogP contribution in [-0.4, -0.2) is 16.0 Å². The number of hydrogen-bond acceptors (Lipinski definition) is 6. The van der Waals surface area contributed by atoms with E-state index in [1.165, 1.54) is 24.3 Å². The van der Waals surface area contributed by atoms with Gasteiger partial charge in [-0.25, -0.2) is 0 Å². The number of phenols is 2. The average Bonchev–Trinajstić information content (AvgIpc) is 2.55. The molecule has 25 heavy (non-hydrogen) atoms. The quantitative estimate of drug-likeness (QED) is 0.193. The number of nitrogens with zero attached hydrogens (tertiary/aromatic N) is 4. The number of benzene rings is 2. The number of hydrogen-bond donors (Lipinski definition) is 3. The Bertz CT molecular complexity index is 924. The van der Waals surface area contributed by atoms with Crippen LogP contribution in [0.15, 0.2) is 39.6 Å². The standard InChI is InChI=1S/C14H7Cl4N5O2/c15-6-1-8(17)13(24)10(3-6)20-22-12(5-19)23-21-11-4-7(16)2-9(18)14(11)25/h1-4,20,24-25H/b22-12+,23-21?. The first kappa shape index (κ1) is 19.1. The van der Waals surface area contributed by atoms with Gasteiger partial charge in [0.25, 0.3) is 5.84 Å². The van der Waals surface area contributed by atoms with Crippen molar-refractivity contribution in [1.29, 1.82) is 5.26 Å². The molecule has 0 spiro atoms. The summed E-state index contributed by atoms with van der Waals surface area (Å²) < 4.78 is 0. The van der Waals surface area contributed by atoms with Gasteiger partial charge in [-0.05, 0) is 24.3 Å². The topological polar surface area (TPSA) is 113 Å². The molecule has 0 heterocycles. The fourth-order valence-electron chi connectivity index (χ4n) is 1.56. The Morgan fingerprint density at radius 2 is 1.56 bits per heavy atom. The third-order valence-corrected chi connectivity index (χ3v) is 3.68. The summed E-state index contributed by atoms with van der Waals surface area (Å²) in [6.07, 6.45) is 0. The van der Waals surface area contributed by atoms with Crippen molar-refractivity contribution in [3.8, 4) is 17.6 Å². The Labute approximate surface area is 161 Å². The molecule has 0 aliphatic heterocycles. The minimum Gasteiger partial charge on any atom is -0.504 e. The van der Waals surface area contributed by atoms with Crippen LogP contribution in [0.4, 0.5) is 11.4 Å². The molecule has 11 heteroatoms. The number of hydrazone groups is 1. The van der Waals surface area contributed by atoms with Gasteiger partial charge in [0.05, 0.1) is 10.0 Å². The second-order valence-corrected chi connectivity index (χ2v) is 6.09. The van der Waals surface area contributed by atoms with Crippen LogP contribution in [0.5, 0.6) is 11.5 Å². The molecule has 2 aromatic carbocycles. The number of amidine groups is 1. The molecule has 0 amide bonds. The van der Waals surface area contributed by atoms with Crippen molar-refractivity contribution >= 4 is 63.6 Å². The third kappa shape index (κ3) is 4.87. The molecule has 0 unspecified atom stereocenters. The largest absolute Gasteiger partial charge is 0.504 e. The highest BCUT2D eigenvalue weighted by Crippen LogP contribution is 2.37. The molecular weight excluding hydrogens is 412 g/mol. The highest BCUT2D eigenvalue weighted by Gasteiger charge is 2.09. The van der Waals surface area contributed by atoms with E-state index in [0.717, 1.165) is 0 Å². The van der Waals surface area contributed by atoms with Crippen LogP contribution in [0.1, 0.15) is 0 Å². The van der Waals surface area contributed by atoms with Crippen LogP contribution in [0.2, 0.25) is 20.1 Å². The average molecular weight is 419 g/mol. The minimum atomic E-state index is -0.411. The lowest BCUT2D eigenvalue weighted by molar-refractivity contribution is 0.476. The lowest BCUT2D eigenvalue weighted by Crippen LogP contribution is -1.96. The van der Waals surface area contributed by atoms with Gasteiger partial charge in [0.1, 0.15) is 17.4 Å². The maximum atomic E-state index is 9.79. The number of halogens is 4. The van der Waals surface area contributed by atoms with Crippen LogP contribution in [0.3, 0.4) is 0 Å². The molecule has 2 rings (SSSR count). The van der Waals surface area contributed by atoms with E-state index >= 15 is 0 Å². The van der Waals surface area contributed by atoms with Crippen molar-refractivity contribution in [2.24, 2.45) is 15.3 Å². The first-order valence-electron chi connectivity index (χ1n) is 6.33. The van der Waals surface area contributed by atoms with E-state index in [1.54, 1.807) is 6.07 Å². The second-order valence-electron chi connectivity index (χ2n) is 4.40. The summed E-state index contributed by atoms with van der Waals surface area (Å²) in [6, 6.07) is 6.98. The third-order valence-electron chi connectivity index (χ3n) is 2.67. The molecule has 0 atom stereocenters. The van der Waals surface area contributed by atoms with Gasteiger partial charge in [-0.2, -0.15) is 5.26 Å². The first-order valence-corrected chi connectivity index (χ1v) is 7.84. The van der Waals surface area contributed by atoms with Crippen molar-refractivity contribution < 1.29 is 10.2 Å². The van der Waals surface area contributed by atoms with Crippen LogP contribution in [0, 0.1) is 11.3 Å². The second kappa shape index (κ2) is 8.23. The Balaban J connectivity index is 2.27. The predicted molar refractivity (Wildman–Crippen MR) is 97.4 cm³/mol. The van der Waals surface area contributed by atoms with Gasteiger partial charge >= 0.3 is 0 Å². The number of rotatable bonds is 3. The highest BCUT2D eigenvalue weighted by molar-refractivity contribution is 6.36. The van der Waals surface area contributed by atoms with Gasteiger partial charge in [-0.3, -0.25) is 5.43 Å². The summed E-state index contributed by atoms with van der Waals surface area (Å²) in [7, 11) is 0. The maximum Gasteiger partial charge on any atom is 0.270 e. The zero-order valence-corrected chi connectivity index (χ0v) is 15.0. The number of aromatic hydroxyl groups is 2. The van der Waals surface area contributed by atoms with E-state index in [0.29, 0.717) is 0 Å². The summed E-state index contributed by atoms with van der Waals surface area (Å²) in [6.45, 7) is 0. The van der Waals surface area contributed by atoms with Crippen LogP contribution >= 0.6 is 46.4 Å². The molecule has 0 saturated carbocycles. The van der Waals surface area contributed by atoms with E-state index in [9.17, 15) is 10.2 Å². The summed E-state index contributed by atoms with van der Waals surface area (Å²) in [4.78, 5) is 0. The van der Waals surface area contributed by atoms with E-state index in [2.05, 4.69) is 20.8 Å². The van der Waals surface area contributed by atoms with Gasteiger partial charge in [-0.1, -0.05) is 46.4 Å². The molecule has 3 N–H and O–H groups in total. The minimum absolute atomic E-state index is 0.00354. The number of phenolic OH excluding ortho intramolecular Hbond substituents is 2. The molecule has 0 radical (unpaired) electrons. The Morgan fingerprint density at radius 1 is 0.960 bits per heavy atom. The monoisotopic (exact) mass is 417 g/mol. The fraction of sp³-hybridized carbons (Fsp3) is 0. The van der Waals surface area contributed by atoms with Gasteiger partial charge < -0.3 is 10.2 Å². The summed E-state index contributed by atoms with van der Waals surface area (Å²) in [5.74, 6) is -1.06. The van der Waals surface area contributed by atoms with Crippen molar-refractivity contribution in [2.75, 3.05) is 5.43 Å². The van der Waals surface area contributed by atoms with E-state index in [-0.39, 0.29) is 43.0 Å².